The van der Waals surface area contributed by atoms with Crippen molar-refractivity contribution in [2.75, 3.05) is 7.05 Å². The van der Waals surface area contributed by atoms with Crippen molar-refractivity contribution in [1.82, 2.24) is 4.90 Å². The summed E-state index contributed by atoms with van der Waals surface area (Å²) in [5.74, 6) is 0.619. The Morgan fingerprint density at radius 3 is 2.80 bits per heavy atom. The minimum Gasteiger partial charge on any atom is -0.345 e. The molecule has 1 saturated carbocycles. The van der Waals surface area contributed by atoms with E-state index in [1.54, 1.807) is 11.8 Å². The van der Waals surface area contributed by atoms with Crippen LogP contribution < -0.4 is 0 Å². The van der Waals surface area contributed by atoms with Crippen molar-refractivity contribution in [3.05, 3.63) is 22.7 Å². The van der Waals surface area contributed by atoms with Gasteiger partial charge in [0, 0.05) is 25.2 Å². The van der Waals surface area contributed by atoms with Gasteiger partial charge in [0.1, 0.15) is 0 Å². The summed E-state index contributed by atoms with van der Waals surface area (Å²) in [5, 5.41) is 3.07. The maximum atomic E-state index is 12.0. The Labute approximate surface area is 95.4 Å². The van der Waals surface area contributed by atoms with Gasteiger partial charge in [0.25, 0.3) is 0 Å². The van der Waals surface area contributed by atoms with Crippen molar-refractivity contribution in [1.29, 1.82) is 0 Å². The summed E-state index contributed by atoms with van der Waals surface area (Å²) in [4.78, 5) is 14.0. The van der Waals surface area contributed by atoms with Gasteiger partial charge in [0.2, 0.25) is 0 Å². The highest BCUT2D eigenvalue weighted by Crippen LogP contribution is 2.30. The highest BCUT2D eigenvalue weighted by atomic mass is 32.2. The molecule has 0 aromatic heterocycles. The largest absolute Gasteiger partial charge is 0.345 e. The summed E-state index contributed by atoms with van der Waals surface area (Å²) in [7, 11) is 1.98. The molecule has 1 aliphatic heterocycles. The summed E-state index contributed by atoms with van der Waals surface area (Å²) in [6.45, 7) is 0. The molecule has 1 aliphatic carbocycles. The maximum Gasteiger partial charge on any atom is 0.161 e. The van der Waals surface area contributed by atoms with Crippen LogP contribution in [0.4, 0.5) is 0 Å². The minimum absolute atomic E-state index is 0.292. The van der Waals surface area contributed by atoms with Gasteiger partial charge < -0.3 is 4.90 Å². The second-order valence-corrected chi connectivity index (χ2v) is 5.16. The molecule has 2 aliphatic rings. The molecule has 0 unspecified atom stereocenters. The molecule has 1 fully saturated rings. The smallest absolute Gasteiger partial charge is 0.161 e. The number of allylic oxidation sites excluding steroid dienone is 1. The molecule has 3 heteroatoms. The number of thioether (sulfide) groups is 1. The molecule has 0 atom stereocenters. The first-order valence-corrected chi connectivity index (χ1v) is 6.47. The standard InChI is InChI=1S/C12H17NOS/c1-13-7-8-15-12(13)9-11(14)10-5-3-2-4-6-10/h7-10H,2-6H2,1H3. The van der Waals surface area contributed by atoms with Crippen LogP contribution in [0.25, 0.3) is 0 Å². The van der Waals surface area contributed by atoms with Gasteiger partial charge in [-0.25, -0.2) is 0 Å². The number of carbonyl (C=O) groups excluding carboxylic acids is 1. The van der Waals surface area contributed by atoms with E-state index in [4.69, 9.17) is 0 Å². The molecule has 0 amide bonds. The average Bonchev–Trinajstić information content (AvgIpc) is 2.66. The lowest BCUT2D eigenvalue weighted by atomic mass is 9.86. The van der Waals surface area contributed by atoms with Gasteiger partial charge in [0.05, 0.1) is 5.03 Å². The molecule has 0 saturated heterocycles. The molecule has 82 valence electrons. The zero-order chi connectivity index (χ0) is 10.7. The van der Waals surface area contributed by atoms with Crippen LogP contribution in [0.15, 0.2) is 22.7 Å². The van der Waals surface area contributed by atoms with E-state index in [-0.39, 0.29) is 0 Å². The lowest BCUT2D eigenvalue weighted by molar-refractivity contribution is -0.119. The molecule has 2 nitrogen and oxygen atoms in total. The molecule has 0 bridgehead atoms. The van der Waals surface area contributed by atoms with Crippen LogP contribution in [0.3, 0.4) is 0 Å². The van der Waals surface area contributed by atoms with Gasteiger partial charge in [-0.15, -0.1) is 0 Å². The number of hydrogen-bond acceptors (Lipinski definition) is 3. The highest BCUT2D eigenvalue weighted by Gasteiger charge is 2.20. The van der Waals surface area contributed by atoms with E-state index in [1.807, 2.05) is 29.6 Å². The second-order valence-electron chi connectivity index (χ2n) is 4.23. The monoisotopic (exact) mass is 223 g/mol. The number of ketones is 1. The van der Waals surface area contributed by atoms with Crippen molar-refractivity contribution < 1.29 is 4.79 Å². The average molecular weight is 223 g/mol. The van der Waals surface area contributed by atoms with E-state index < -0.39 is 0 Å². The molecular weight excluding hydrogens is 206 g/mol. The second kappa shape index (κ2) is 4.88. The fourth-order valence-corrected chi connectivity index (χ4v) is 2.90. The van der Waals surface area contributed by atoms with E-state index in [1.165, 1.54) is 19.3 Å². The predicted molar refractivity (Wildman–Crippen MR) is 64.2 cm³/mol. The van der Waals surface area contributed by atoms with Gasteiger partial charge in [-0.1, -0.05) is 31.0 Å². The molecule has 0 aromatic rings. The summed E-state index contributed by atoms with van der Waals surface area (Å²) >= 11 is 1.63. The van der Waals surface area contributed by atoms with Crippen molar-refractivity contribution in [2.24, 2.45) is 5.92 Å². The van der Waals surface area contributed by atoms with Crippen LogP contribution in [0.1, 0.15) is 32.1 Å². The van der Waals surface area contributed by atoms with Crippen molar-refractivity contribution in [2.45, 2.75) is 32.1 Å². The summed E-state index contributed by atoms with van der Waals surface area (Å²) < 4.78 is 0. The van der Waals surface area contributed by atoms with Crippen LogP contribution in [0.2, 0.25) is 0 Å². The SMILES string of the molecule is CN1C=CSC1=CC(=O)C1CCCCC1. The third-order valence-corrected chi connectivity index (χ3v) is 4.00. The first-order valence-electron chi connectivity index (χ1n) is 5.59. The van der Waals surface area contributed by atoms with Crippen molar-refractivity contribution >= 4 is 17.5 Å². The first kappa shape index (κ1) is 10.8. The van der Waals surface area contributed by atoms with Gasteiger partial charge >= 0.3 is 0 Å². The Kier molecular flexibility index (Phi) is 3.52. The number of carbonyl (C=O) groups is 1. The van der Waals surface area contributed by atoms with Gasteiger partial charge in [-0.05, 0) is 18.2 Å². The van der Waals surface area contributed by atoms with Crippen LogP contribution in [0.5, 0.6) is 0 Å². The Hall–Kier alpha value is -0.700. The van der Waals surface area contributed by atoms with Crippen molar-refractivity contribution in [3.63, 3.8) is 0 Å². The van der Waals surface area contributed by atoms with E-state index >= 15 is 0 Å². The summed E-state index contributed by atoms with van der Waals surface area (Å²) in [5.41, 5.74) is 0. The Morgan fingerprint density at radius 2 is 2.20 bits per heavy atom. The molecule has 15 heavy (non-hydrogen) atoms. The van der Waals surface area contributed by atoms with Crippen LogP contribution in [0, 0.1) is 5.92 Å². The van der Waals surface area contributed by atoms with E-state index in [0.717, 1.165) is 17.9 Å². The van der Waals surface area contributed by atoms with Crippen molar-refractivity contribution in [3.8, 4) is 0 Å². The quantitative estimate of drug-likeness (QED) is 0.671. The van der Waals surface area contributed by atoms with Crippen LogP contribution >= 0.6 is 11.8 Å². The Morgan fingerprint density at radius 1 is 1.47 bits per heavy atom. The molecule has 0 radical (unpaired) electrons. The van der Waals surface area contributed by atoms with Crippen LogP contribution in [-0.4, -0.2) is 17.7 Å². The molecule has 0 spiro atoms. The number of rotatable bonds is 2. The highest BCUT2D eigenvalue weighted by molar-refractivity contribution is 8.06. The Balaban J connectivity index is 1.96. The number of nitrogens with zero attached hydrogens (tertiary/aromatic N) is 1. The van der Waals surface area contributed by atoms with E-state index in [9.17, 15) is 4.79 Å². The van der Waals surface area contributed by atoms with E-state index in [0.29, 0.717) is 11.7 Å². The normalized spacial score (nSPS) is 25.1. The molecule has 1 heterocycles. The van der Waals surface area contributed by atoms with Gasteiger partial charge in [-0.3, -0.25) is 4.79 Å². The third kappa shape index (κ3) is 2.65. The first-order chi connectivity index (χ1) is 7.27. The van der Waals surface area contributed by atoms with Crippen LogP contribution in [-0.2, 0) is 4.79 Å². The fraction of sp³-hybridized carbons (Fsp3) is 0.583. The zero-order valence-corrected chi connectivity index (χ0v) is 9.93. The lowest BCUT2D eigenvalue weighted by Crippen LogP contribution is -2.17. The third-order valence-electron chi connectivity index (χ3n) is 3.09. The Bertz CT molecular complexity index is 303. The maximum absolute atomic E-state index is 12.0. The molecule has 2 rings (SSSR count). The number of hydrogen-bond donors (Lipinski definition) is 0. The minimum atomic E-state index is 0.292. The predicted octanol–water partition coefficient (Wildman–Crippen LogP) is 3.13. The zero-order valence-electron chi connectivity index (χ0n) is 9.11. The van der Waals surface area contributed by atoms with E-state index in [2.05, 4.69) is 0 Å². The van der Waals surface area contributed by atoms with Gasteiger partial charge in [-0.2, -0.15) is 0 Å². The van der Waals surface area contributed by atoms with Gasteiger partial charge in [0.15, 0.2) is 5.78 Å². The lowest BCUT2D eigenvalue weighted by Gasteiger charge is -2.19. The fourth-order valence-electron chi connectivity index (χ4n) is 2.11. The summed E-state index contributed by atoms with van der Waals surface area (Å²) in [6, 6.07) is 0. The summed E-state index contributed by atoms with van der Waals surface area (Å²) in [6.07, 6.45) is 9.73. The topological polar surface area (TPSA) is 20.3 Å². The molecule has 0 aromatic carbocycles. The molecular formula is C12H17NOS. The molecule has 0 N–H and O–H groups in total.